The van der Waals surface area contributed by atoms with Gasteiger partial charge in [0.05, 0.1) is 24.6 Å². The molecule has 0 aromatic heterocycles. The van der Waals surface area contributed by atoms with Gasteiger partial charge in [-0.15, -0.1) is 0 Å². The van der Waals surface area contributed by atoms with Gasteiger partial charge in [0.15, 0.2) is 0 Å². The normalized spacial score (nSPS) is 14.2. The van der Waals surface area contributed by atoms with Crippen LogP contribution in [0, 0.1) is 5.82 Å². The molecule has 1 fully saturated rings. The molecule has 0 aliphatic carbocycles. The van der Waals surface area contributed by atoms with E-state index in [1.807, 2.05) is 6.07 Å². The molecule has 1 saturated heterocycles. The van der Waals surface area contributed by atoms with Gasteiger partial charge in [-0.2, -0.15) is 0 Å². The van der Waals surface area contributed by atoms with E-state index in [1.54, 1.807) is 30.3 Å². The van der Waals surface area contributed by atoms with Gasteiger partial charge >= 0.3 is 6.03 Å². The van der Waals surface area contributed by atoms with Crippen LogP contribution in [0.15, 0.2) is 42.5 Å². The van der Waals surface area contributed by atoms with Gasteiger partial charge in [-0.1, -0.05) is 29.8 Å². The largest absolute Gasteiger partial charge is 0.378 e. The minimum atomic E-state index is -0.417. The quantitative estimate of drug-likeness (QED) is 0.872. The van der Waals surface area contributed by atoms with Crippen LogP contribution in [0.2, 0.25) is 5.02 Å². The molecule has 2 aromatic rings. The van der Waals surface area contributed by atoms with Crippen LogP contribution in [-0.2, 0) is 11.3 Å². The number of ether oxygens (including phenoxy) is 1. The molecular formula is C18H19ClFN3O2. The molecule has 0 atom stereocenters. The lowest BCUT2D eigenvalue weighted by atomic mass is 10.2. The molecule has 1 aliphatic rings. The molecule has 0 bridgehead atoms. The van der Waals surface area contributed by atoms with Gasteiger partial charge in [0.2, 0.25) is 0 Å². The van der Waals surface area contributed by atoms with Crippen LogP contribution in [0.1, 0.15) is 5.56 Å². The maximum atomic E-state index is 13.6. The summed E-state index contributed by atoms with van der Waals surface area (Å²) in [5, 5.41) is 5.99. The summed E-state index contributed by atoms with van der Waals surface area (Å²) < 4.78 is 19.0. The Labute approximate surface area is 150 Å². The highest BCUT2D eigenvalue weighted by Crippen LogP contribution is 2.29. The van der Waals surface area contributed by atoms with Crippen LogP contribution in [0.5, 0.6) is 0 Å². The highest BCUT2D eigenvalue weighted by atomic mass is 35.5. The van der Waals surface area contributed by atoms with E-state index < -0.39 is 6.03 Å². The van der Waals surface area contributed by atoms with Crippen molar-refractivity contribution in [1.29, 1.82) is 0 Å². The molecule has 5 nitrogen and oxygen atoms in total. The van der Waals surface area contributed by atoms with E-state index in [4.69, 9.17) is 16.3 Å². The molecule has 2 aromatic carbocycles. The second-order valence-corrected chi connectivity index (χ2v) is 6.10. The van der Waals surface area contributed by atoms with Crippen molar-refractivity contribution in [1.82, 2.24) is 5.32 Å². The number of halogens is 2. The Balaban J connectivity index is 1.68. The zero-order valence-corrected chi connectivity index (χ0v) is 14.4. The summed E-state index contributed by atoms with van der Waals surface area (Å²) in [7, 11) is 0. The van der Waals surface area contributed by atoms with Gasteiger partial charge in [-0.25, -0.2) is 9.18 Å². The molecule has 0 unspecified atom stereocenters. The Morgan fingerprint density at radius 2 is 1.96 bits per heavy atom. The first-order chi connectivity index (χ1) is 12.1. The lowest BCUT2D eigenvalue weighted by Gasteiger charge is -2.30. The Bertz CT molecular complexity index is 751. The number of anilines is 2. The van der Waals surface area contributed by atoms with Gasteiger partial charge in [-0.05, 0) is 24.3 Å². The summed E-state index contributed by atoms with van der Waals surface area (Å²) >= 11 is 6.07. The smallest absolute Gasteiger partial charge is 0.319 e. The maximum absolute atomic E-state index is 13.6. The molecule has 7 heteroatoms. The number of rotatable bonds is 4. The van der Waals surface area contributed by atoms with Crippen molar-refractivity contribution >= 4 is 29.0 Å². The summed E-state index contributed by atoms with van der Waals surface area (Å²) in [6, 6.07) is 11.3. The summed E-state index contributed by atoms with van der Waals surface area (Å²) in [6.07, 6.45) is 0. The summed E-state index contributed by atoms with van der Waals surface area (Å²) in [5.41, 5.74) is 1.92. The average Bonchev–Trinajstić information content (AvgIpc) is 2.62. The predicted molar refractivity (Wildman–Crippen MR) is 96.7 cm³/mol. The van der Waals surface area contributed by atoms with Gasteiger partial charge in [-0.3, -0.25) is 0 Å². The summed E-state index contributed by atoms with van der Waals surface area (Å²) in [6.45, 7) is 2.87. The molecule has 0 saturated carbocycles. The van der Waals surface area contributed by atoms with Crippen molar-refractivity contribution in [3.63, 3.8) is 0 Å². The van der Waals surface area contributed by atoms with E-state index >= 15 is 0 Å². The van der Waals surface area contributed by atoms with Gasteiger partial charge in [0, 0.05) is 30.2 Å². The molecular weight excluding hydrogens is 345 g/mol. The van der Waals surface area contributed by atoms with E-state index in [-0.39, 0.29) is 12.4 Å². The van der Waals surface area contributed by atoms with Gasteiger partial charge in [0.1, 0.15) is 5.82 Å². The van der Waals surface area contributed by atoms with Crippen molar-refractivity contribution in [2.75, 3.05) is 36.5 Å². The first kappa shape index (κ1) is 17.5. The van der Waals surface area contributed by atoms with E-state index in [9.17, 15) is 9.18 Å². The number of nitrogens with one attached hydrogen (secondary N) is 2. The number of nitrogens with zero attached hydrogens (tertiary/aromatic N) is 1. The van der Waals surface area contributed by atoms with Crippen molar-refractivity contribution in [2.24, 2.45) is 0 Å². The molecule has 1 aliphatic heterocycles. The van der Waals surface area contributed by atoms with Gasteiger partial charge < -0.3 is 20.3 Å². The second-order valence-electron chi connectivity index (χ2n) is 5.66. The molecule has 132 valence electrons. The number of carbonyl (C=O) groups is 1. The zero-order valence-electron chi connectivity index (χ0n) is 13.6. The lowest BCUT2D eigenvalue weighted by molar-refractivity contribution is 0.123. The Kier molecular flexibility index (Phi) is 5.73. The molecule has 0 spiro atoms. The standard InChI is InChI=1S/C18H19ClFN3O2/c19-14-5-6-17(23-7-9-25-10-8-23)16(11-14)22-18(24)21-12-13-3-1-2-4-15(13)20/h1-6,11H,7-10,12H2,(H2,21,22,24). The molecule has 3 rings (SSSR count). The first-order valence-corrected chi connectivity index (χ1v) is 8.42. The van der Waals surface area contributed by atoms with Crippen LogP contribution in [0.4, 0.5) is 20.6 Å². The number of benzene rings is 2. The van der Waals surface area contributed by atoms with E-state index in [2.05, 4.69) is 15.5 Å². The number of morpholine rings is 1. The molecule has 2 amide bonds. The fraction of sp³-hybridized carbons (Fsp3) is 0.278. The monoisotopic (exact) mass is 363 g/mol. The second kappa shape index (κ2) is 8.18. The first-order valence-electron chi connectivity index (χ1n) is 8.04. The molecule has 25 heavy (non-hydrogen) atoms. The fourth-order valence-electron chi connectivity index (χ4n) is 2.67. The number of carbonyl (C=O) groups excluding carboxylic acids is 1. The summed E-state index contributed by atoms with van der Waals surface area (Å²) in [4.78, 5) is 14.3. The minimum Gasteiger partial charge on any atom is -0.378 e. The van der Waals surface area contributed by atoms with Crippen LogP contribution in [0.3, 0.4) is 0 Å². The van der Waals surface area contributed by atoms with Crippen LogP contribution < -0.4 is 15.5 Å². The topological polar surface area (TPSA) is 53.6 Å². The van der Waals surface area contributed by atoms with E-state index in [0.29, 0.717) is 29.5 Å². The highest BCUT2D eigenvalue weighted by Gasteiger charge is 2.16. The van der Waals surface area contributed by atoms with E-state index in [1.165, 1.54) is 6.07 Å². The molecule has 2 N–H and O–H groups in total. The third kappa shape index (κ3) is 4.61. The Morgan fingerprint density at radius 1 is 1.20 bits per heavy atom. The Hall–Kier alpha value is -2.31. The molecule has 0 radical (unpaired) electrons. The number of urea groups is 1. The maximum Gasteiger partial charge on any atom is 0.319 e. The number of hydrogen-bond donors (Lipinski definition) is 2. The lowest BCUT2D eigenvalue weighted by Crippen LogP contribution is -2.37. The zero-order chi connectivity index (χ0) is 17.6. The third-order valence-corrected chi connectivity index (χ3v) is 4.19. The minimum absolute atomic E-state index is 0.103. The van der Waals surface area contributed by atoms with Crippen LogP contribution in [-0.4, -0.2) is 32.3 Å². The van der Waals surface area contributed by atoms with Gasteiger partial charge in [0.25, 0.3) is 0 Å². The highest BCUT2D eigenvalue weighted by molar-refractivity contribution is 6.31. The van der Waals surface area contributed by atoms with Crippen molar-refractivity contribution in [3.05, 3.63) is 58.9 Å². The molecule has 1 heterocycles. The van der Waals surface area contributed by atoms with E-state index in [0.717, 1.165) is 18.8 Å². The third-order valence-electron chi connectivity index (χ3n) is 3.96. The predicted octanol–water partition coefficient (Wildman–Crippen LogP) is 3.64. The van der Waals surface area contributed by atoms with Crippen LogP contribution >= 0.6 is 11.6 Å². The van der Waals surface area contributed by atoms with Crippen molar-refractivity contribution in [3.8, 4) is 0 Å². The van der Waals surface area contributed by atoms with Crippen molar-refractivity contribution < 1.29 is 13.9 Å². The Morgan fingerprint density at radius 3 is 2.72 bits per heavy atom. The average molecular weight is 364 g/mol. The fourth-order valence-corrected chi connectivity index (χ4v) is 2.84. The van der Waals surface area contributed by atoms with Crippen LogP contribution in [0.25, 0.3) is 0 Å². The SMILES string of the molecule is O=C(NCc1ccccc1F)Nc1cc(Cl)ccc1N1CCOCC1. The van der Waals surface area contributed by atoms with Crippen molar-refractivity contribution in [2.45, 2.75) is 6.54 Å². The number of amides is 2. The summed E-state index contributed by atoms with van der Waals surface area (Å²) in [5.74, 6) is -0.348. The number of hydrogen-bond acceptors (Lipinski definition) is 3.